The van der Waals surface area contributed by atoms with Gasteiger partial charge in [0.2, 0.25) is 0 Å². The van der Waals surface area contributed by atoms with Gasteiger partial charge in [0.05, 0.1) is 0 Å². The Hall–Kier alpha value is -6.97. The minimum atomic E-state index is 0.231. The van der Waals surface area contributed by atoms with Crippen LogP contribution < -0.4 is 0 Å². The van der Waals surface area contributed by atoms with E-state index in [9.17, 15) is 0 Å². The number of rotatable bonds is 7. The molecular formula is C52H37N3. The largest absolute Gasteiger partial charge is 0.208 e. The molecule has 0 fully saturated rings. The molecule has 1 aromatic heterocycles. The van der Waals surface area contributed by atoms with Crippen molar-refractivity contribution in [2.45, 2.75) is 12.3 Å². The molecule has 260 valence electrons. The molecule has 0 amide bonds. The lowest BCUT2D eigenvalue weighted by Gasteiger charge is -2.27. The van der Waals surface area contributed by atoms with Gasteiger partial charge in [0.25, 0.3) is 0 Å². The fraction of sp³-hybridized carbons (Fsp3) is 0.0577. The predicted molar refractivity (Wildman–Crippen MR) is 226 cm³/mol. The zero-order chi connectivity index (χ0) is 36.6. The van der Waals surface area contributed by atoms with Crippen molar-refractivity contribution >= 4 is 11.1 Å². The van der Waals surface area contributed by atoms with E-state index in [1.165, 1.54) is 55.6 Å². The molecule has 2 unspecified atom stereocenters. The van der Waals surface area contributed by atoms with Gasteiger partial charge in [-0.3, -0.25) is 0 Å². The molecule has 0 saturated heterocycles. The highest BCUT2D eigenvalue weighted by Crippen LogP contribution is 2.51. The van der Waals surface area contributed by atoms with E-state index in [1.54, 1.807) is 0 Å². The first-order valence-corrected chi connectivity index (χ1v) is 19.0. The lowest BCUT2D eigenvalue weighted by Crippen LogP contribution is -2.14. The van der Waals surface area contributed by atoms with Crippen molar-refractivity contribution in [3.05, 3.63) is 223 Å². The average molecular weight is 704 g/mol. The van der Waals surface area contributed by atoms with Crippen LogP contribution in [0.1, 0.15) is 28.4 Å². The Morgan fingerprint density at radius 1 is 0.364 bits per heavy atom. The highest BCUT2D eigenvalue weighted by Gasteiger charge is 2.37. The van der Waals surface area contributed by atoms with Gasteiger partial charge in [0.1, 0.15) is 0 Å². The molecular weight excluding hydrogens is 667 g/mol. The molecule has 3 heteroatoms. The van der Waals surface area contributed by atoms with Gasteiger partial charge >= 0.3 is 0 Å². The van der Waals surface area contributed by atoms with Gasteiger partial charge in [-0.25, -0.2) is 15.0 Å². The molecule has 8 aromatic rings. The highest BCUT2D eigenvalue weighted by atomic mass is 15.0. The summed E-state index contributed by atoms with van der Waals surface area (Å²) in [6.45, 7) is 0. The van der Waals surface area contributed by atoms with Gasteiger partial charge in [0.15, 0.2) is 17.5 Å². The molecule has 10 rings (SSSR count). The molecule has 0 bridgehead atoms. The number of nitrogens with zero attached hydrogens (tertiary/aromatic N) is 3. The van der Waals surface area contributed by atoms with Crippen LogP contribution in [0.25, 0.3) is 67.3 Å². The molecule has 7 aromatic carbocycles. The summed E-state index contributed by atoms with van der Waals surface area (Å²) in [6, 6.07) is 66.8. The van der Waals surface area contributed by atoms with Gasteiger partial charge in [-0.1, -0.05) is 170 Å². The maximum Gasteiger partial charge on any atom is 0.164 e. The Bertz CT molecular complexity index is 2600. The Morgan fingerprint density at radius 2 is 0.800 bits per heavy atom. The quantitative estimate of drug-likeness (QED) is 0.166. The van der Waals surface area contributed by atoms with Crippen molar-refractivity contribution in [1.82, 2.24) is 15.0 Å². The Balaban J connectivity index is 1.13. The monoisotopic (exact) mass is 703 g/mol. The van der Waals surface area contributed by atoms with E-state index < -0.39 is 0 Å². The summed E-state index contributed by atoms with van der Waals surface area (Å²) in [4.78, 5) is 15.3. The second-order valence-electron chi connectivity index (χ2n) is 14.4. The van der Waals surface area contributed by atoms with Crippen LogP contribution in [0.5, 0.6) is 0 Å². The zero-order valence-corrected chi connectivity index (χ0v) is 30.3. The lowest BCUT2D eigenvalue weighted by molar-refractivity contribution is 0.644. The molecule has 0 radical (unpaired) electrons. The zero-order valence-electron chi connectivity index (χ0n) is 30.3. The topological polar surface area (TPSA) is 38.7 Å². The van der Waals surface area contributed by atoms with Gasteiger partial charge < -0.3 is 0 Å². The van der Waals surface area contributed by atoms with Crippen LogP contribution in [0.3, 0.4) is 0 Å². The summed E-state index contributed by atoms with van der Waals surface area (Å²) in [5.74, 6) is 2.55. The van der Waals surface area contributed by atoms with E-state index in [-0.39, 0.29) is 11.8 Å². The SMILES string of the molecule is C1=C(c2nc(-c3ccccc3)nc(-c3ccccc3)n2)C=C(c2cccc(-c3cc(-c4ccccc4)cc(-c4ccccc4)c3)c2)C2c3ccccc3CC12. The molecule has 0 spiro atoms. The second-order valence-corrected chi connectivity index (χ2v) is 14.4. The van der Waals surface area contributed by atoms with Crippen molar-refractivity contribution in [3.8, 4) is 56.2 Å². The van der Waals surface area contributed by atoms with E-state index >= 15 is 0 Å². The van der Waals surface area contributed by atoms with Crippen LogP contribution >= 0.6 is 0 Å². The maximum absolute atomic E-state index is 5.15. The molecule has 1 heterocycles. The normalized spacial score (nSPS) is 15.8. The Kier molecular flexibility index (Phi) is 8.38. The van der Waals surface area contributed by atoms with Gasteiger partial charge in [-0.05, 0) is 98.3 Å². The molecule has 0 N–H and O–H groups in total. The van der Waals surface area contributed by atoms with E-state index in [0.29, 0.717) is 17.5 Å². The molecule has 2 aliphatic rings. The third-order valence-electron chi connectivity index (χ3n) is 10.9. The molecule has 2 atom stereocenters. The van der Waals surface area contributed by atoms with Crippen LogP contribution in [-0.4, -0.2) is 15.0 Å². The minimum Gasteiger partial charge on any atom is -0.208 e. The van der Waals surface area contributed by atoms with Crippen molar-refractivity contribution < 1.29 is 0 Å². The van der Waals surface area contributed by atoms with E-state index in [1.807, 2.05) is 36.4 Å². The number of hydrogen-bond acceptors (Lipinski definition) is 3. The first kappa shape index (κ1) is 32.7. The third-order valence-corrected chi connectivity index (χ3v) is 10.9. The first-order chi connectivity index (χ1) is 27.2. The summed E-state index contributed by atoms with van der Waals surface area (Å²) in [5, 5.41) is 0. The average Bonchev–Trinajstić information content (AvgIpc) is 3.66. The summed E-state index contributed by atoms with van der Waals surface area (Å²) in [5.41, 5.74) is 15.5. The summed E-state index contributed by atoms with van der Waals surface area (Å²) in [7, 11) is 0. The molecule has 0 aliphatic heterocycles. The van der Waals surface area contributed by atoms with Crippen molar-refractivity contribution in [1.29, 1.82) is 0 Å². The van der Waals surface area contributed by atoms with Crippen molar-refractivity contribution in [3.63, 3.8) is 0 Å². The van der Waals surface area contributed by atoms with E-state index in [2.05, 4.69) is 164 Å². The van der Waals surface area contributed by atoms with Crippen LogP contribution in [-0.2, 0) is 6.42 Å². The molecule has 55 heavy (non-hydrogen) atoms. The number of aromatic nitrogens is 3. The Labute approximate surface area is 322 Å². The van der Waals surface area contributed by atoms with E-state index in [0.717, 1.165) is 23.1 Å². The van der Waals surface area contributed by atoms with Crippen molar-refractivity contribution in [2.24, 2.45) is 5.92 Å². The van der Waals surface area contributed by atoms with Gasteiger partial charge in [-0.2, -0.15) is 0 Å². The fourth-order valence-electron chi connectivity index (χ4n) is 8.32. The fourth-order valence-corrected chi connectivity index (χ4v) is 8.32. The molecule has 3 nitrogen and oxygen atoms in total. The number of allylic oxidation sites excluding steroid dienone is 4. The highest BCUT2D eigenvalue weighted by molar-refractivity contribution is 5.90. The van der Waals surface area contributed by atoms with E-state index in [4.69, 9.17) is 15.0 Å². The second kappa shape index (κ2) is 14.1. The summed E-state index contributed by atoms with van der Waals surface area (Å²) >= 11 is 0. The minimum absolute atomic E-state index is 0.231. The number of hydrogen-bond donors (Lipinski definition) is 0. The maximum atomic E-state index is 5.15. The Morgan fingerprint density at radius 3 is 1.38 bits per heavy atom. The predicted octanol–water partition coefficient (Wildman–Crippen LogP) is 12.6. The first-order valence-electron chi connectivity index (χ1n) is 19.0. The number of fused-ring (bicyclic) bond motifs is 3. The van der Waals surface area contributed by atoms with Gasteiger partial charge in [-0.15, -0.1) is 0 Å². The van der Waals surface area contributed by atoms with Crippen LogP contribution in [0.4, 0.5) is 0 Å². The third kappa shape index (κ3) is 6.40. The van der Waals surface area contributed by atoms with Crippen LogP contribution in [0.15, 0.2) is 200 Å². The smallest absolute Gasteiger partial charge is 0.164 e. The van der Waals surface area contributed by atoms with Gasteiger partial charge in [0, 0.05) is 22.6 Å². The van der Waals surface area contributed by atoms with Crippen molar-refractivity contribution in [2.75, 3.05) is 0 Å². The standard InChI is InChI=1S/C52H37N3/c1-5-16-35(17-6-1)42-30-43(36-18-7-2-8-19-36)32-44(31-42)39-25-15-26-41(28-39)48-34-46(33-45-29-40-24-13-14-27-47(40)49(45)48)52-54-50(37-20-9-3-10-21-37)53-51(55-52)38-22-11-4-12-23-38/h1-28,30-34,45,49H,29H2. The lowest BCUT2D eigenvalue weighted by atomic mass is 9.76. The molecule has 0 saturated carbocycles. The summed E-state index contributed by atoms with van der Waals surface area (Å²) in [6.07, 6.45) is 5.73. The summed E-state index contributed by atoms with van der Waals surface area (Å²) < 4.78 is 0. The number of benzene rings is 7. The molecule has 2 aliphatic carbocycles. The van der Waals surface area contributed by atoms with Crippen LogP contribution in [0.2, 0.25) is 0 Å². The van der Waals surface area contributed by atoms with Crippen LogP contribution in [0, 0.1) is 5.92 Å².